The fraction of sp³-hybridized carbons (Fsp3) is 0.385. The Kier molecular flexibility index (Phi) is 7.78. The van der Waals surface area contributed by atoms with Crippen LogP contribution in [0.4, 0.5) is 5.82 Å². The van der Waals surface area contributed by atoms with Crippen molar-refractivity contribution >= 4 is 53.8 Å². The average molecular weight is 556 g/mol. The molecule has 1 saturated carbocycles. The number of halogens is 1. The molecule has 1 aliphatic carbocycles. The van der Waals surface area contributed by atoms with Crippen LogP contribution in [0.5, 0.6) is 0 Å². The summed E-state index contributed by atoms with van der Waals surface area (Å²) in [6, 6.07) is 3.43. The Morgan fingerprint density at radius 3 is 2.66 bits per heavy atom. The lowest BCUT2D eigenvalue weighted by atomic mass is 10.1. The molecule has 4 N–H and O–H groups in total. The average Bonchev–Trinajstić information content (AvgIpc) is 3.31. The summed E-state index contributed by atoms with van der Waals surface area (Å²) in [5.41, 5.74) is 8.38. The van der Waals surface area contributed by atoms with E-state index in [2.05, 4.69) is 38.4 Å². The third kappa shape index (κ3) is 4.87. The first-order chi connectivity index (χ1) is 17.7. The number of aromatic nitrogens is 4. The van der Waals surface area contributed by atoms with Crippen molar-refractivity contribution in [3.05, 3.63) is 53.0 Å². The number of nitrogens with one attached hydrogen (secondary N) is 1. The molecule has 10 nitrogen and oxygen atoms in total. The molecule has 0 spiro atoms. The number of primary amides is 1. The summed E-state index contributed by atoms with van der Waals surface area (Å²) in [6.45, 7) is 5.48. The van der Waals surface area contributed by atoms with Gasteiger partial charge in [-0.1, -0.05) is 24.1 Å². The molecule has 2 aliphatic rings. The van der Waals surface area contributed by atoms with Gasteiger partial charge in [-0.15, -0.1) is 0 Å². The van der Waals surface area contributed by atoms with E-state index in [-0.39, 0.29) is 43.2 Å². The van der Waals surface area contributed by atoms with Crippen LogP contribution in [0, 0.1) is 11.8 Å². The molecule has 38 heavy (non-hydrogen) atoms. The number of likely N-dealkylation sites (tertiary alicyclic amines) is 1. The van der Waals surface area contributed by atoms with Crippen molar-refractivity contribution in [2.24, 2.45) is 5.73 Å². The number of rotatable bonds is 6. The van der Waals surface area contributed by atoms with Gasteiger partial charge in [-0.25, -0.2) is 9.67 Å². The van der Waals surface area contributed by atoms with Crippen LogP contribution < -0.4 is 11.1 Å². The maximum absolute atomic E-state index is 12.5. The Balaban J connectivity index is 0.00000336. The minimum atomic E-state index is -0.752. The largest absolute Gasteiger partial charge is 0.391 e. The molecule has 0 radical (unpaired) electrons. The molecule has 0 unspecified atom stereocenters. The maximum atomic E-state index is 12.5. The Labute approximate surface area is 232 Å². The second-order valence-electron chi connectivity index (χ2n) is 9.48. The summed E-state index contributed by atoms with van der Waals surface area (Å²) >= 11 is 6.56. The standard InChI is InChI=1S/C26H28ClN7O3.H2S/c1-4-23(36)32-12-17(10-21(32)14(2)35)34-26(29-3)24(25(28)37)19(31-34)8-5-15-9-20-22(11-18(15)27)33(13-30-20)16-6-7-16;/h4,9,11,13-14,16-17,21,29,35H,1,6-7,10,12H2,2-3H3,(H2,28,37);1H2/t14-,17-,21+;/m0./s1. The van der Waals surface area contributed by atoms with E-state index in [1.807, 2.05) is 18.5 Å². The summed E-state index contributed by atoms with van der Waals surface area (Å²) in [7, 11) is 1.66. The molecule has 3 heterocycles. The van der Waals surface area contributed by atoms with Crippen LogP contribution in [0.25, 0.3) is 11.0 Å². The van der Waals surface area contributed by atoms with Crippen molar-refractivity contribution in [3.8, 4) is 11.8 Å². The summed E-state index contributed by atoms with van der Waals surface area (Å²) in [6.07, 6.45) is 5.00. The van der Waals surface area contributed by atoms with Gasteiger partial charge in [-0.3, -0.25) is 9.59 Å². The van der Waals surface area contributed by atoms with Gasteiger partial charge in [0.1, 0.15) is 11.4 Å². The lowest BCUT2D eigenvalue weighted by molar-refractivity contribution is -0.128. The first-order valence-corrected chi connectivity index (χ1v) is 12.5. The highest BCUT2D eigenvalue weighted by Gasteiger charge is 2.40. The van der Waals surface area contributed by atoms with Gasteiger partial charge >= 0.3 is 0 Å². The predicted octanol–water partition coefficient (Wildman–Crippen LogP) is 2.58. The number of carbonyl (C=O) groups is 2. The highest BCUT2D eigenvalue weighted by atomic mass is 35.5. The third-order valence-corrected chi connectivity index (χ3v) is 7.31. The normalized spacial score (nSPS) is 19.4. The zero-order valence-electron chi connectivity index (χ0n) is 21.1. The van der Waals surface area contributed by atoms with Crippen LogP contribution in [0.15, 0.2) is 31.1 Å². The molecule has 0 bridgehead atoms. The molecule has 1 saturated heterocycles. The second-order valence-corrected chi connectivity index (χ2v) is 9.88. The quantitative estimate of drug-likeness (QED) is 0.316. The van der Waals surface area contributed by atoms with Crippen molar-refractivity contribution in [2.45, 2.75) is 50.4 Å². The molecule has 200 valence electrons. The summed E-state index contributed by atoms with van der Waals surface area (Å²) in [5.74, 6) is 5.42. The van der Waals surface area contributed by atoms with Crippen LogP contribution >= 0.6 is 25.1 Å². The third-order valence-electron chi connectivity index (χ3n) is 6.99. The fourth-order valence-electron chi connectivity index (χ4n) is 5.02. The van der Waals surface area contributed by atoms with E-state index in [4.69, 9.17) is 17.3 Å². The first-order valence-electron chi connectivity index (χ1n) is 12.1. The van der Waals surface area contributed by atoms with Gasteiger partial charge in [0.05, 0.1) is 40.6 Å². The van der Waals surface area contributed by atoms with Gasteiger partial charge < -0.3 is 25.6 Å². The Morgan fingerprint density at radius 2 is 2.05 bits per heavy atom. The van der Waals surface area contributed by atoms with Crippen LogP contribution in [0.1, 0.15) is 59.9 Å². The van der Waals surface area contributed by atoms with E-state index in [1.54, 1.807) is 23.6 Å². The number of carbonyl (C=O) groups excluding carboxylic acids is 2. The number of fused-ring (bicyclic) bond motifs is 1. The number of aliphatic hydroxyl groups excluding tert-OH is 1. The fourth-order valence-corrected chi connectivity index (χ4v) is 5.23. The lowest BCUT2D eigenvalue weighted by Gasteiger charge is -2.25. The van der Waals surface area contributed by atoms with Crippen molar-refractivity contribution in [1.82, 2.24) is 24.2 Å². The van der Waals surface area contributed by atoms with Crippen molar-refractivity contribution < 1.29 is 14.7 Å². The van der Waals surface area contributed by atoms with Crippen LogP contribution in [0.3, 0.4) is 0 Å². The van der Waals surface area contributed by atoms with E-state index in [0.29, 0.717) is 28.9 Å². The molecular formula is C26H30ClN7O3S. The summed E-state index contributed by atoms with van der Waals surface area (Å²) in [4.78, 5) is 30.9. The highest BCUT2D eigenvalue weighted by molar-refractivity contribution is 7.59. The van der Waals surface area contributed by atoms with Gasteiger partial charge in [-0.05, 0) is 50.3 Å². The second kappa shape index (κ2) is 10.7. The van der Waals surface area contributed by atoms with E-state index in [0.717, 1.165) is 23.9 Å². The summed E-state index contributed by atoms with van der Waals surface area (Å²) < 4.78 is 3.75. The highest BCUT2D eigenvalue weighted by Crippen LogP contribution is 2.38. The number of nitrogens with zero attached hydrogens (tertiary/aromatic N) is 5. The number of amides is 2. The first kappa shape index (κ1) is 27.6. The molecular weight excluding hydrogens is 526 g/mol. The van der Waals surface area contributed by atoms with Gasteiger partial charge in [0, 0.05) is 25.2 Å². The minimum absolute atomic E-state index is 0. The molecule has 1 aliphatic heterocycles. The topological polar surface area (TPSA) is 131 Å². The number of hydrogen-bond acceptors (Lipinski definition) is 6. The molecule has 5 rings (SSSR count). The van der Waals surface area contributed by atoms with Gasteiger partial charge in [0.25, 0.3) is 5.91 Å². The van der Waals surface area contributed by atoms with Gasteiger partial charge in [0.2, 0.25) is 5.91 Å². The van der Waals surface area contributed by atoms with Crippen LogP contribution in [-0.4, -0.2) is 66.9 Å². The zero-order chi connectivity index (χ0) is 26.4. The van der Waals surface area contributed by atoms with Crippen molar-refractivity contribution in [3.63, 3.8) is 0 Å². The predicted molar refractivity (Wildman–Crippen MR) is 151 cm³/mol. The van der Waals surface area contributed by atoms with E-state index < -0.39 is 18.1 Å². The van der Waals surface area contributed by atoms with E-state index in [9.17, 15) is 14.7 Å². The monoisotopic (exact) mass is 555 g/mol. The number of imidazole rings is 1. The molecule has 12 heteroatoms. The number of nitrogens with two attached hydrogens (primary N) is 1. The van der Waals surface area contributed by atoms with Crippen LogP contribution in [0.2, 0.25) is 5.02 Å². The van der Waals surface area contributed by atoms with Gasteiger partial charge in [-0.2, -0.15) is 18.6 Å². The number of aliphatic hydroxyl groups is 1. The SMILES string of the molecule is C=CC(=O)N1C[C@@H](n2nc(C#Cc3cc4ncn(C5CC5)c4cc3Cl)c(C(N)=O)c2NC)C[C@@H]1[C@H](C)O.S. The number of benzene rings is 1. The Bertz CT molecular complexity index is 1480. The Morgan fingerprint density at radius 1 is 1.32 bits per heavy atom. The summed E-state index contributed by atoms with van der Waals surface area (Å²) in [5, 5.41) is 18.4. The minimum Gasteiger partial charge on any atom is -0.391 e. The molecule has 2 fully saturated rings. The lowest BCUT2D eigenvalue weighted by Crippen LogP contribution is -2.40. The molecule has 3 atom stereocenters. The molecule has 3 aromatic rings. The molecule has 1 aromatic carbocycles. The smallest absolute Gasteiger partial charge is 0.255 e. The van der Waals surface area contributed by atoms with Crippen molar-refractivity contribution in [2.75, 3.05) is 18.9 Å². The molecule has 2 amide bonds. The number of hydrogen-bond donors (Lipinski definition) is 3. The van der Waals surface area contributed by atoms with Crippen LogP contribution in [-0.2, 0) is 4.79 Å². The molecule has 2 aromatic heterocycles. The van der Waals surface area contributed by atoms with Gasteiger partial charge in [0.15, 0.2) is 5.69 Å². The number of anilines is 1. The zero-order valence-corrected chi connectivity index (χ0v) is 22.9. The maximum Gasteiger partial charge on any atom is 0.255 e. The van der Waals surface area contributed by atoms with E-state index >= 15 is 0 Å². The van der Waals surface area contributed by atoms with Crippen molar-refractivity contribution in [1.29, 1.82) is 0 Å². The Hall–Kier alpha value is -3.46. The van der Waals surface area contributed by atoms with E-state index in [1.165, 1.54) is 6.08 Å².